The molecule has 2 amide bonds. The predicted octanol–water partition coefficient (Wildman–Crippen LogP) is 2.87. The Balaban J connectivity index is 1.86. The van der Waals surface area contributed by atoms with Crippen molar-refractivity contribution in [3.63, 3.8) is 0 Å². The van der Waals surface area contributed by atoms with Gasteiger partial charge in [0.1, 0.15) is 5.00 Å². The number of anilines is 1. The first kappa shape index (κ1) is 17.7. The zero-order valence-corrected chi connectivity index (χ0v) is 16.0. The summed E-state index contributed by atoms with van der Waals surface area (Å²) in [5.41, 5.74) is 4.77. The van der Waals surface area contributed by atoms with E-state index < -0.39 is 0 Å². The first-order valence-electron chi connectivity index (χ1n) is 8.58. The van der Waals surface area contributed by atoms with Crippen LogP contribution in [0.4, 0.5) is 5.00 Å². The van der Waals surface area contributed by atoms with Gasteiger partial charge in [0.05, 0.1) is 11.3 Å². The Bertz CT molecular complexity index is 835. The van der Waals surface area contributed by atoms with E-state index in [1.807, 2.05) is 25.6 Å². The van der Waals surface area contributed by atoms with Crippen molar-refractivity contribution >= 4 is 28.2 Å². The average Bonchev–Trinajstić information content (AvgIpc) is 3.02. The minimum Gasteiger partial charge on any atom is -0.348 e. The number of aromatic nitrogens is 2. The van der Waals surface area contributed by atoms with Crippen LogP contribution < -0.4 is 10.6 Å². The Hall–Kier alpha value is -2.15. The molecule has 2 aromatic rings. The fourth-order valence-corrected chi connectivity index (χ4v) is 4.72. The number of aryl methyl sites for hydroxylation is 3. The molecule has 0 saturated carbocycles. The van der Waals surface area contributed by atoms with Crippen molar-refractivity contribution in [2.24, 2.45) is 7.05 Å². The SMILES string of the molecule is CC(=O)Nc1sc2c(c1C(=O)NCc1c(C)nn(C)c1C)CCCC2. The third kappa shape index (κ3) is 3.46. The highest BCUT2D eigenvalue weighted by atomic mass is 32.1. The molecule has 0 aliphatic heterocycles. The van der Waals surface area contributed by atoms with E-state index in [-0.39, 0.29) is 11.8 Å². The normalized spacial score (nSPS) is 13.4. The average molecular weight is 360 g/mol. The molecule has 0 aromatic carbocycles. The van der Waals surface area contributed by atoms with Crippen molar-refractivity contribution in [1.29, 1.82) is 0 Å². The Morgan fingerprint density at radius 3 is 2.60 bits per heavy atom. The van der Waals surface area contributed by atoms with E-state index in [0.717, 1.165) is 48.2 Å². The van der Waals surface area contributed by atoms with E-state index >= 15 is 0 Å². The van der Waals surface area contributed by atoms with E-state index in [9.17, 15) is 9.59 Å². The van der Waals surface area contributed by atoms with Crippen LogP contribution in [0.25, 0.3) is 0 Å². The third-order valence-corrected chi connectivity index (χ3v) is 5.98. The maximum Gasteiger partial charge on any atom is 0.254 e. The summed E-state index contributed by atoms with van der Waals surface area (Å²) in [6, 6.07) is 0. The van der Waals surface area contributed by atoms with Crippen LogP contribution in [0.2, 0.25) is 0 Å². The van der Waals surface area contributed by atoms with Gasteiger partial charge in [0.15, 0.2) is 0 Å². The molecular formula is C18H24N4O2S. The molecule has 2 N–H and O–H groups in total. The summed E-state index contributed by atoms with van der Waals surface area (Å²) in [5.74, 6) is -0.266. The molecule has 0 atom stereocenters. The number of carbonyl (C=O) groups excluding carboxylic acids is 2. The highest BCUT2D eigenvalue weighted by Crippen LogP contribution is 2.38. The fourth-order valence-electron chi connectivity index (χ4n) is 3.38. The number of nitrogens with one attached hydrogen (secondary N) is 2. The maximum absolute atomic E-state index is 12.9. The first-order valence-corrected chi connectivity index (χ1v) is 9.39. The van der Waals surface area contributed by atoms with E-state index in [1.54, 1.807) is 11.3 Å². The molecular weight excluding hydrogens is 336 g/mol. The second-order valence-electron chi connectivity index (χ2n) is 6.55. The van der Waals surface area contributed by atoms with Gasteiger partial charge in [-0.25, -0.2) is 0 Å². The zero-order valence-electron chi connectivity index (χ0n) is 15.2. The van der Waals surface area contributed by atoms with Crippen LogP contribution in [0.1, 0.15) is 57.5 Å². The third-order valence-electron chi connectivity index (χ3n) is 4.77. The van der Waals surface area contributed by atoms with Gasteiger partial charge < -0.3 is 10.6 Å². The summed E-state index contributed by atoms with van der Waals surface area (Å²) < 4.78 is 1.83. The maximum atomic E-state index is 12.9. The number of rotatable bonds is 4. The lowest BCUT2D eigenvalue weighted by Gasteiger charge is -2.13. The van der Waals surface area contributed by atoms with Crippen LogP contribution in [0, 0.1) is 13.8 Å². The molecule has 2 heterocycles. The van der Waals surface area contributed by atoms with Gasteiger partial charge in [0, 0.05) is 36.7 Å². The van der Waals surface area contributed by atoms with Crippen molar-refractivity contribution in [1.82, 2.24) is 15.1 Å². The quantitative estimate of drug-likeness (QED) is 0.880. The molecule has 0 saturated heterocycles. The fraction of sp³-hybridized carbons (Fsp3) is 0.500. The number of hydrogen-bond acceptors (Lipinski definition) is 4. The molecule has 25 heavy (non-hydrogen) atoms. The van der Waals surface area contributed by atoms with E-state index in [1.165, 1.54) is 11.8 Å². The molecule has 0 radical (unpaired) electrons. The van der Waals surface area contributed by atoms with Crippen LogP contribution >= 0.6 is 11.3 Å². The van der Waals surface area contributed by atoms with Crippen LogP contribution in [-0.4, -0.2) is 21.6 Å². The monoisotopic (exact) mass is 360 g/mol. The van der Waals surface area contributed by atoms with Crippen molar-refractivity contribution in [2.75, 3.05) is 5.32 Å². The topological polar surface area (TPSA) is 76.0 Å². The van der Waals surface area contributed by atoms with Gasteiger partial charge in [-0.3, -0.25) is 14.3 Å². The van der Waals surface area contributed by atoms with Crippen molar-refractivity contribution < 1.29 is 9.59 Å². The standard InChI is InChI=1S/C18H24N4O2S/c1-10-14(11(2)22(4)21-10)9-19-17(24)16-13-7-5-6-8-15(13)25-18(16)20-12(3)23/h5-9H2,1-4H3,(H,19,24)(H,20,23). The second-order valence-corrected chi connectivity index (χ2v) is 7.66. The molecule has 7 heteroatoms. The minimum absolute atomic E-state index is 0.120. The Labute approximate surface area is 151 Å². The van der Waals surface area contributed by atoms with Crippen LogP contribution in [0.15, 0.2) is 0 Å². The lowest BCUT2D eigenvalue weighted by molar-refractivity contribution is -0.114. The van der Waals surface area contributed by atoms with E-state index in [2.05, 4.69) is 15.7 Å². The molecule has 6 nitrogen and oxygen atoms in total. The molecule has 0 unspecified atom stereocenters. The van der Waals surface area contributed by atoms with E-state index in [0.29, 0.717) is 17.1 Å². The summed E-state index contributed by atoms with van der Waals surface area (Å²) >= 11 is 1.54. The molecule has 1 aliphatic rings. The van der Waals surface area contributed by atoms with Crippen LogP contribution in [0.3, 0.4) is 0 Å². The number of nitrogens with zero attached hydrogens (tertiary/aromatic N) is 2. The van der Waals surface area contributed by atoms with Gasteiger partial charge in [0.2, 0.25) is 5.91 Å². The Morgan fingerprint density at radius 2 is 1.96 bits per heavy atom. The number of amides is 2. The van der Waals surface area contributed by atoms with Crippen molar-refractivity contribution in [2.45, 2.75) is 53.0 Å². The van der Waals surface area contributed by atoms with Gasteiger partial charge in [-0.2, -0.15) is 5.10 Å². The highest BCUT2D eigenvalue weighted by Gasteiger charge is 2.26. The molecule has 1 aliphatic carbocycles. The van der Waals surface area contributed by atoms with Crippen LogP contribution in [-0.2, 0) is 31.2 Å². The smallest absolute Gasteiger partial charge is 0.254 e. The number of carbonyl (C=O) groups is 2. The summed E-state index contributed by atoms with van der Waals surface area (Å²) in [6.45, 7) is 5.86. The molecule has 3 rings (SSSR count). The second kappa shape index (κ2) is 7.00. The Kier molecular flexibility index (Phi) is 4.94. The molecule has 2 aromatic heterocycles. The number of thiophene rings is 1. The lowest BCUT2D eigenvalue weighted by Crippen LogP contribution is -2.25. The zero-order chi connectivity index (χ0) is 18.1. The van der Waals surface area contributed by atoms with Crippen molar-refractivity contribution in [3.8, 4) is 0 Å². The highest BCUT2D eigenvalue weighted by molar-refractivity contribution is 7.17. The molecule has 134 valence electrons. The summed E-state index contributed by atoms with van der Waals surface area (Å²) in [5, 5.41) is 10.9. The van der Waals surface area contributed by atoms with Crippen LogP contribution in [0.5, 0.6) is 0 Å². The van der Waals surface area contributed by atoms with Gasteiger partial charge in [-0.1, -0.05) is 0 Å². The molecule has 0 bridgehead atoms. The summed E-state index contributed by atoms with van der Waals surface area (Å²) in [4.78, 5) is 25.7. The van der Waals surface area contributed by atoms with Gasteiger partial charge in [0.25, 0.3) is 5.91 Å². The predicted molar refractivity (Wildman–Crippen MR) is 99.1 cm³/mol. The van der Waals surface area contributed by atoms with Gasteiger partial charge >= 0.3 is 0 Å². The summed E-state index contributed by atoms with van der Waals surface area (Å²) in [6.07, 6.45) is 4.12. The number of fused-ring (bicyclic) bond motifs is 1. The van der Waals surface area contributed by atoms with Gasteiger partial charge in [-0.15, -0.1) is 11.3 Å². The van der Waals surface area contributed by atoms with E-state index in [4.69, 9.17) is 0 Å². The summed E-state index contributed by atoms with van der Waals surface area (Å²) in [7, 11) is 1.90. The molecule has 0 fully saturated rings. The van der Waals surface area contributed by atoms with Gasteiger partial charge in [-0.05, 0) is 45.1 Å². The number of hydrogen-bond donors (Lipinski definition) is 2. The largest absolute Gasteiger partial charge is 0.348 e. The molecule has 0 spiro atoms. The van der Waals surface area contributed by atoms with Crippen molar-refractivity contribution in [3.05, 3.63) is 33.0 Å². The minimum atomic E-state index is -0.147. The lowest BCUT2D eigenvalue weighted by atomic mass is 9.95. The first-order chi connectivity index (χ1) is 11.9. The Morgan fingerprint density at radius 1 is 1.24 bits per heavy atom.